The van der Waals surface area contributed by atoms with Gasteiger partial charge in [-0.05, 0) is 44.3 Å². The predicted octanol–water partition coefficient (Wildman–Crippen LogP) is 2.41. The molecule has 4 heteroatoms. The van der Waals surface area contributed by atoms with Crippen LogP contribution in [0.5, 0.6) is 5.75 Å². The highest BCUT2D eigenvalue weighted by Gasteiger charge is 2.22. The third kappa shape index (κ3) is 2.46. The van der Waals surface area contributed by atoms with E-state index >= 15 is 0 Å². The molecule has 1 aromatic heterocycles. The summed E-state index contributed by atoms with van der Waals surface area (Å²) in [5.74, 6) is 1.92. The monoisotopic (exact) mass is 260 g/mol. The number of likely N-dealkylation sites (N-methyl/N-ethyl adjacent to an activating group) is 1. The summed E-state index contributed by atoms with van der Waals surface area (Å²) in [6, 6.07) is 8.44. The molecule has 3 rings (SSSR count). The molecule has 1 aliphatic rings. The van der Waals surface area contributed by atoms with Gasteiger partial charge in [-0.15, -0.1) is 0 Å². The molecule has 1 N–H and O–H groups in total. The maximum atomic E-state index is 6.01. The molecule has 0 aliphatic carbocycles. The molecule has 0 radical (unpaired) electrons. The summed E-state index contributed by atoms with van der Waals surface area (Å²) in [7, 11) is 3.85. The Kier molecular flexibility index (Phi) is 3.44. The summed E-state index contributed by atoms with van der Waals surface area (Å²) in [6.45, 7) is 3.13. The van der Waals surface area contributed by atoms with Gasteiger partial charge in [0.2, 0.25) is 0 Å². The van der Waals surface area contributed by atoms with Crippen LogP contribution in [0.1, 0.15) is 18.2 Å². The summed E-state index contributed by atoms with van der Waals surface area (Å²) in [4.78, 5) is 2.36. The molecule has 2 aromatic rings. The second-order valence-corrected chi connectivity index (χ2v) is 5.09. The van der Waals surface area contributed by atoms with E-state index in [1.807, 2.05) is 18.2 Å². The van der Waals surface area contributed by atoms with Crippen molar-refractivity contribution in [2.75, 3.05) is 33.8 Å². The standard InChI is InChI=1S/C15H20N2O2/c1-17-8-7-16-6-5-13(17)15-10-11-9-12(18-2)3-4-14(11)19-15/h3-4,9-10,13,16H,5-8H2,1-2H3. The zero-order valence-corrected chi connectivity index (χ0v) is 11.5. The molecule has 1 unspecified atom stereocenters. The van der Waals surface area contributed by atoms with Gasteiger partial charge in [0, 0.05) is 18.5 Å². The molecule has 1 saturated heterocycles. The summed E-state index contributed by atoms with van der Waals surface area (Å²) >= 11 is 0. The van der Waals surface area contributed by atoms with Gasteiger partial charge >= 0.3 is 0 Å². The molecule has 0 saturated carbocycles. The number of hydrogen-bond donors (Lipinski definition) is 1. The highest BCUT2D eigenvalue weighted by atomic mass is 16.5. The zero-order valence-electron chi connectivity index (χ0n) is 11.5. The van der Waals surface area contributed by atoms with Crippen LogP contribution >= 0.6 is 0 Å². The van der Waals surface area contributed by atoms with Crippen LogP contribution in [0.15, 0.2) is 28.7 Å². The molecule has 1 aromatic carbocycles. The van der Waals surface area contributed by atoms with Crippen LogP contribution in [0.2, 0.25) is 0 Å². The summed E-state index contributed by atoms with van der Waals surface area (Å²) in [6.07, 6.45) is 1.08. The Bertz CT molecular complexity index is 564. The lowest BCUT2D eigenvalue weighted by atomic mass is 10.1. The molecule has 19 heavy (non-hydrogen) atoms. The third-order valence-electron chi connectivity index (χ3n) is 3.84. The Hall–Kier alpha value is -1.52. The number of fused-ring (bicyclic) bond motifs is 1. The van der Waals surface area contributed by atoms with Gasteiger partial charge in [-0.2, -0.15) is 0 Å². The van der Waals surface area contributed by atoms with Gasteiger partial charge in [0.05, 0.1) is 13.2 Å². The average Bonchev–Trinajstić information content (AvgIpc) is 2.72. The maximum Gasteiger partial charge on any atom is 0.134 e. The van der Waals surface area contributed by atoms with E-state index in [-0.39, 0.29) is 0 Å². The summed E-state index contributed by atoms with van der Waals surface area (Å²) in [5, 5.41) is 4.54. The Labute approximate surface area is 113 Å². The second kappa shape index (κ2) is 5.23. The number of benzene rings is 1. The van der Waals surface area contributed by atoms with Crippen LogP contribution in [0, 0.1) is 0 Å². The molecule has 4 nitrogen and oxygen atoms in total. The fourth-order valence-corrected chi connectivity index (χ4v) is 2.69. The predicted molar refractivity (Wildman–Crippen MR) is 75.6 cm³/mol. The van der Waals surface area contributed by atoms with Crippen LogP contribution < -0.4 is 10.1 Å². The topological polar surface area (TPSA) is 37.6 Å². The average molecular weight is 260 g/mol. The number of nitrogens with zero attached hydrogens (tertiary/aromatic N) is 1. The van der Waals surface area contributed by atoms with Gasteiger partial charge in [0.15, 0.2) is 0 Å². The van der Waals surface area contributed by atoms with E-state index in [0.717, 1.165) is 48.5 Å². The minimum Gasteiger partial charge on any atom is -0.497 e. The molecule has 0 bridgehead atoms. The van der Waals surface area contributed by atoms with Crippen molar-refractivity contribution in [1.29, 1.82) is 0 Å². The van der Waals surface area contributed by atoms with Crippen molar-refractivity contribution in [1.82, 2.24) is 10.2 Å². The van der Waals surface area contributed by atoms with E-state index in [2.05, 4.69) is 23.3 Å². The number of methoxy groups -OCH3 is 1. The van der Waals surface area contributed by atoms with Gasteiger partial charge in [-0.3, -0.25) is 4.90 Å². The smallest absolute Gasteiger partial charge is 0.134 e. The number of rotatable bonds is 2. The Morgan fingerprint density at radius 2 is 2.21 bits per heavy atom. The molecule has 102 valence electrons. The van der Waals surface area contributed by atoms with E-state index in [4.69, 9.17) is 9.15 Å². The van der Waals surface area contributed by atoms with Gasteiger partial charge in [-0.1, -0.05) is 0 Å². The lowest BCUT2D eigenvalue weighted by Crippen LogP contribution is -2.26. The lowest BCUT2D eigenvalue weighted by Gasteiger charge is -2.22. The van der Waals surface area contributed by atoms with Crippen molar-refractivity contribution in [3.05, 3.63) is 30.0 Å². The molecular formula is C15H20N2O2. The quantitative estimate of drug-likeness (QED) is 0.900. The van der Waals surface area contributed by atoms with Gasteiger partial charge < -0.3 is 14.5 Å². The largest absolute Gasteiger partial charge is 0.497 e. The molecule has 1 fully saturated rings. The van der Waals surface area contributed by atoms with E-state index in [9.17, 15) is 0 Å². The van der Waals surface area contributed by atoms with E-state index in [0.29, 0.717) is 6.04 Å². The fraction of sp³-hybridized carbons (Fsp3) is 0.467. The van der Waals surface area contributed by atoms with Crippen molar-refractivity contribution < 1.29 is 9.15 Å². The van der Waals surface area contributed by atoms with Crippen LogP contribution in [0.4, 0.5) is 0 Å². The van der Waals surface area contributed by atoms with Crippen LogP contribution in [0.25, 0.3) is 11.0 Å². The third-order valence-corrected chi connectivity index (χ3v) is 3.84. The van der Waals surface area contributed by atoms with Crippen molar-refractivity contribution in [2.45, 2.75) is 12.5 Å². The maximum absolute atomic E-state index is 6.01. The highest BCUT2D eigenvalue weighted by Crippen LogP contribution is 2.31. The minimum absolute atomic E-state index is 0.355. The van der Waals surface area contributed by atoms with Crippen molar-refractivity contribution in [3.8, 4) is 5.75 Å². The van der Waals surface area contributed by atoms with Crippen LogP contribution in [0.3, 0.4) is 0 Å². The van der Waals surface area contributed by atoms with Gasteiger partial charge in [-0.25, -0.2) is 0 Å². The number of nitrogens with one attached hydrogen (secondary N) is 1. The van der Waals surface area contributed by atoms with Crippen molar-refractivity contribution >= 4 is 11.0 Å². The summed E-state index contributed by atoms with van der Waals surface area (Å²) < 4.78 is 11.3. The van der Waals surface area contributed by atoms with Crippen LogP contribution in [-0.2, 0) is 0 Å². The first-order valence-electron chi connectivity index (χ1n) is 6.76. The second-order valence-electron chi connectivity index (χ2n) is 5.09. The fourth-order valence-electron chi connectivity index (χ4n) is 2.69. The molecule has 2 heterocycles. The van der Waals surface area contributed by atoms with Crippen molar-refractivity contribution in [3.63, 3.8) is 0 Å². The van der Waals surface area contributed by atoms with Gasteiger partial charge in [0.1, 0.15) is 17.1 Å². The number of ether oxygens (including phenoxy) is 1. The molecule has 1 aliphatic heterocycles. The zero-order chi connectivity index (χ0) is 13.2. The Morgan fingerprint density at radius 3 is 3.05 bits per heavy atom. The molecular weight excluding hydrogens is 240 g/mol. The van der Waals surface area contributed by atoms with E-state index < -0.39 is 0 Å². The molecule has 1 atom stereocenters. The van der Waals surface area contributed by atoms with E-state index in [1.54, 1.807) is 7.11 Å². The Morgan fingerprint density at radius 1 is 1.32 bits per heavy atom. The number of hydrogen-bond acceptors (Lipinski definition) is 4. The molecule has 0 amide bonds. The summed E-state index contributed by atoms with van der Waals surface area (Å²) in [5.41, 5.74) is 0.932. The first kappa shape index (κ1) is 12.5. The van der Waals surface area contributed by atoms with Gasteiger partial charge in [0.25, 0.3) is 0 Å². The molecule has 0 spiro atoms. The SMILES string of the molecule is COc1ccc2oc(C3CCNCCN3C)cc2c1. The van der Waals surface area contributed by atoms with E-state index in [1.165, 1.54) is 0 Å². The van der Waals surface area contributed by atoms with Crippen LogP contribution in [-0.4, -0.2) is 38.7 Å². The normalized spacial score (nSPS) is 21.5. The minimum atomic E-state index is 0.355. The first-order valence-corrected chi connectivity index (χ1v) is 6.76. The number of furan rings is 1. The van der Waals surface area contributed by atoms with Crippen molar-refractivity contribution in [2.24, 2.45) is 0 Å². The highest BCUT2D eigenvalue weighted by molar-refractivity contribution is 5.79. The lowest BCUT2D eigenvalue weighted by molar-refractivity contribution is 0.229. The Balaban J connectivity index is 1.95. The first-order chi connectivity index (χ1) is 9.28.